The number of hydrogen-bond acceptors (Lipinski definition) is 3. The number of nitrogens with zero attached hydrogens (tertiary/aromatic N) is 4. The van der Waals surface area contributed by atoms with Crippen LogP contribution in [0.3, 0.4) is 0 Å². The van der Waals surface area contributed by atoms with Gasteiger partial charge in [0, 0.05) is 0 Å². The molecule has 0 N–H and O–H groups in total. The lowest BCUT2D eigenvalue weighted by atomic mass is 10.0. The van der Waals surface area contributed by atoms with E-state index in [4.69, 9.17) is 0 Å². The molecule has 4 heteroatoms. The standard InChI is InChI=1S/C15H12N4/c1-2-4-14(5-3-1)15-8-6-13(7-9-15)10-18-19-11-16-17-12-19/h1-12H. The van der Waals surface area contributed by atoms with Gasteiger partial charge in [-0.25, -0.2) is 4.68 Å². The van der Waals surface area contributed by atoms with E-state index in [9.17, 15) is 0 Å². The third-order valence-electron chi connectivity index (χ3n) is 2.76. The van der Waals surface area contributed by atoms with Crippen molar-refractivity contribution >= 4 is 6.21 Å². The molecule has 0 unspecified atom stereocenters. The Labute approximate surface area is 111 Å². The minimum absolute atomic E-state index is 1.04. The summed E-state index contributed by atoms with van der Waals surface area (Å²) in [4.78, 5) is 0. The van der Waals surface area contributed by atoms with Gasteiger partial charge in [0.15, 0.2) is 0 Å². The Morgan fingerprint density at radius 3 is 2.11 bits per heavy atom. The van der Waals surface area contributed by atoms with Crippen molar-refractivity contribution in [1.82, 2.24) is 14.9 Å². The normalized spacial score (nSPS) is 10.9. The molecule has 92 valence electrons. The van der Waals surface area contributed by atoms with Crippen LogP contribution in [-0.4, -0.2) is 21.1 Å². The van der Waals surface area contributed by atoms with Crippen molar-refractivity contribution in [2.45, 2.75) is 0 Å². The smallest absolute Gasteiger partial charge is 0.141 e. The van der Waals surface area contributed by atoms with E-state index in [1.807, 2.05) is 30.3 Å². The summed E-state index contributed by atoms with van der Waals surface area (Å²) in [6.07, 6.45) is 4.88. The van der Waals surface area contributed by atoms with Crippen molar-refractivity contribution in [1.29, 1.82) is 0 Å². The second-order valence-electron chi connectivity index (χ2n) is 4.07. The van der Waals surface area contributed by atoms with Gasteiger partial charge in [-0.15, -0.1) is 10.2 Å². The molecular formula is C15H12N4. The van der Waals surface area contributed by atoms with Crippen molar-refractivity contribution in [3.05, 3.63) is 72.8 Å². The summed E-state index contributed by atoms with van der Waals surface area (Å²) in [7, 11) is 0. The lowest BCUT2D eigenvalue weighted by Crippen LogP contribution is -1.87. The minimum atomic E-state index is 1.04. The molecule has 1 aromatic heterocycles. The van der Waals surface area contributed by atoms with Crippen molar-refractivity contribution in [2.24, 2.45) is 5.10 Å². The van der Waals surface area contributed by atoms with Gasteiger partial charge in [-0.05, 0) is 16.7 Å². The zero-order chi connectivity index (χ0) is 12.9. The first-order valence-electron chi connectivity index (χ1n) is 5.96. The monoisotopic (exact) mass is 248 g/mol. The lowest BCUT2D eigenvalue weighted by Gasteiger charge is -2.01. The Morgan fingerprint density at radius 2 is 1.42 bits per heavy atom. The minimum Gasteiger partial charge on any atom is -0.208 e. The van der Waals surface area contributed by atoms with E-state index in [2.05, 4.69) is 39.6 Å². The maximum atomic E-state index is 4.21. The first-order valence-corrected chi connectivity index (χ1v) is 5.96. The average molecular weight is 248 g/mol. The zero-order valence-electron chi connectivity index (χ0n) is 10.2. The Kier molecular flexibility index (Phi) is 3.14. The fraction of sp³-hybridized carbons (Fsp3) is 0. The fourth-order valence-electron chi connectivity index (χ4n) is 1.78. The van der Waals surface area contributed by atoms with Crippen molar-refractivity contribution in [3.63, 3.8) is 0 Å². The summed E-state index contributed by atoms with van der Waals surface area (Å²) < 4.78 is 1.56. The maximum Gasteiger partial charge on any atom is 0.141 e. The van der Waals surface area contributed by atoms with Gasteiger partial charge in [0.1, 0.15) is 12.7 Å². The van der Waals surface area contributed by atoms with Crippen LogP contribution in [0.5, 0.6) is 0 Å². The van der Waals surface area contributed by atoms with Crippen molar-refractivity contribution < 1.29 is 0 Å². The van der Waals surface area contributed by atoms with Gasteiger partial charge < -0.3 is 0 Å². The molecule has 3 aromatic rings. The third-order valence-corrected chi connectivity index (χ3v) is 2.76. The highest BCUT2D eigenvalue weighted by Crippen LogP contribution is 2.18. The van der Waals surface area contributed by atoms with Crippen molar-refractivity contribution in [3.8, 4) is 11.1 Å². The molecule has 0 aliphatic rings. The van der Waals surface area contributed by atoms with Crippen LogP contribution >= 0.6 is 0 Å². The molecule has 0 spiro atoms. The van der Waals surface area contributed by atoms with Gasteiger partial charge in [0.25, 0.3) is 0 Å². The second-order valence-corrected chi connectivity index (χ2v) is 4.07. The Bertz CT molecular complexity index is 655. The van der Waals surface area contributed by atoms with Gasteiger partial charge in [-0.1, -0.05) is 54.6 Å². The molecule has 19 heavy (non-hydrogen) atoms. The molecule has 0 saturated heterocycles. The molecule has 3 rings (SSSR count). The molecule has 2 aromatic carbocycles. The Hall–Kier alpha value is -2.75. The van der Waals surface area contributed by atoms with E-state index in [-0.39, 0.29) is 0 Å². The molecule has 0 atom stereocenters. The molecule has 0 bridgehead atoms. The van der Waals surface area contributed by atoms with Gasteiger partial charge in [-0.2, -0.15) is 5.10 Å². The summed E-state index contributed by atoms with van der Waals surface area (Å²) >= 11 is 0. The van der Waals surface area contributed by atoms with Gasteiger partial charge >= 0.3 is 0 Å². The molecule has 0 aliphatic carbocycles. The zero-order valence-corrected chi connectivity index (χ0v) is 10.2. The third kappa shape index (κ3) is 2.74. The molecule has 0 aliphatic heterocycles. The van der Waals surface area contributed by atoms with Crippen LogP contribution in [0, 0.1) is 0 Å². The first-order chi connectivity index (χ1) is 9.42. The summed E-state index contributed by atoms with van der Waals surface area (Å²) in [5, 5.41) is 11.6. The molecule has 4 nitrogen and oxygen atoms in total. The average Bonchev–Trinajstić information content (AvgIpc) is 3.00. The topological polar surface area (TPSA) is 43.1 Å². The summed E-state index contributed by atoms with van der Waals surface area (Å²) in [5.41, 5.74) is 3.44. The quantitative estimate of drug-likeness (QED) is 0.669. The van der Waals surface area contributed by atoms with Crippen LogP contribution in [-0.2, 0) is 0 Å². The van der Waals surface area contributed by atoms with E-state index in [1.54, 1.807) is 23.5 Å². The molecule has 0 amide bonds. The Morgan fingerprint density at radius 1 is 0.789 bits per heavy atom. The number of rotatable bonds is 3. The Balaban J connectivity index is 1.80. The van der Waals surface area contributed by atoms with E-state index < -0.39 is 0 Å². The predicted molar refractivity (Wildman–Crippen MR) is 74.9 cm³/mol. The van der Waals surface area contributed by atoms with E-state index in [0.717, 1.165) is 5.56 Å². The van der Waals surface area contributed by atoms with Crippen LogP contribution in [0.1, 0.15) is 5.56 Å². The van der Waals surface area contributed by atoms with Gasteiger partial charge in [0.2, 0.25) is 0 Å². The van der Waals surface area contributed by atoms with Crippen molar-refractivity contribution in [2.75, 3.05) is 0 Å². The summed E-state index contributed by atoms with van der Waals surface area (Å²) in [5.74, 6) is 0. The molecule has 1 heterocycles. The fourth-order valence-corrected chi connectivity index (χ4v) is 1.78. The molecular weight excluding hydrogens is 236 g/mol. The molecule has 0 saturated carbocycles. The first kappa shape index (κ1) is 11.3. The van der Waals surface area contributed by atoms with Crippen LogP contribution < -0.4 is 0 Å². The largest absolute Gasteiger partial charge is 0.208 e. The second kappa shape index (κ2) is 5.27. The molecule has 0 fully saturated rings. The number of benzene rings is 2. The highest BCUT2D eigenvalue weighted by Gasteiger charge is 1.95. The van der Waals surface area contributed by atoms with Gasteiger partial charge in [0.05, 0.1) is 6.21 Å². The number of aromatic nitrogens is 3. The summed E-state index contributed by atoms with van der Waals surface area (Å²) in [6.45, 7) is 0. The van der Waals surface area contributed by atoms with E-state index >= 15 is 0 Å². The van der Waals surface area contributed by atoms with Crippen LogP contribution in [0.4, 0.5) is 0 Å². The molecule has 0 radical (unpaired) electrons. The highest BCUT2D eigenvalue weighted by molar-refractivity contribution is 5.80. The van der Waals surface area contributed by atoms with E-state index in [1.165, 1.54) is 11.1 Å². The number of hydrogen-bond donors (Lipinski definition) is 0. The van der Waals surface area contributed by atoms with E-state index in [0.29, 0.717) is 0 Å². The van der Waals surface area contributed by atoms with Crippen LogP contribution in [0.2, 0.25) is 0 Å². The highest BCUT2D eigenvalue weighted by atomic mass is 15.4. The maximum absolute atomic E-state index is 4.21. The lowest BCUT2D eigenvalue weighted by molar-refractivity contribution is 0.878. The van der Waals surface area contributed by atoms with Crippen LogP contribution in [0.25, 0.3) is 11.1 Å². The predicted octanol–water partition coefficient (Wildman–Crippen LogP) is 2.83. The van der Waals surface area contributed by atoms with Crippen LogP contribution in [0.15, 0.2) is 72.4 Å². The summed E-state index contributed by atoms with van der Waals surface area (Å²) in [6, 6.07) is 18.5. The SMILES string of the molecule is C(=Nn1cnnc1)c1ccc(-c2ccccc2)cc1. The van der Waals surface area contributed by atoms with Gasteiger partial charge in [-0.3, -0.25) is 0 Å².